The second-order valence-corrected chi connectivity index (χ2v) is 28.0. The second kappa shape index (κ2) is 25.4. The van der Waals surface area contributed by atoms with Gasteiger partial charge in [0, 0.05) is 12.1 Å². The van der Waals surface area contributed by atoms with Crippen molar-refractivity contribution >= 4 is 60.6 Å². The Bertz CT molecular complexity index is 3220. The summed E-state index contributed by atoms with van der Waals surface area (Å²) in [4.78, 5) is 28.7. The average Bonchev–Trinajstić information content (AvgIpc) is 2.02. The zero-order valence-corrected chi connectivity index (χ0v) is 49.0. The Morgan fingerprint density at radius 2 is 1.17 bits per heavy atom. The quantitative estimate of drug-likeness (QED) is 0.0389. The van der Waals surface area contributed by atoms with Gasteiger partial charge in [0.25, 0.3) is 0 Å². The van der Waals surface area contributed by atoms with Gasteiger partial charge in [-0.15, -0.1) is 30.6 Å². The van der Waals surface area contributed by atoms with E-state index >= 15 is 0 Å². The van der Waals surface area contributed by atoms with Crippen LogP contribution in [0.25, 0.3) is 11.0 Å². The number of fused-ring (bicyclic) bond motifs is 3. The molecule has 5 fully saturated rings. The van der Waals surface area contributed by atoms with E-state index in [4.69, 9.17) is 61.1 Å². The summed E-state index contributed by atoms with van der Waals surface area (Å²) in [5, 5.41) is 80.1. The van der Waals surface area contributed by atoms with Gasteiger partial charge in [0.2, 0.25) is 15.9 Å². The first-order valence-corrected chi connectivity index (χ1v) is 31.9. The first-order valence-electron chi connectivity index (χ1n) is 27.0. The van der Waals surface area contributed by atoms with Gasteiger partial charge < -0.3 is 83.3 Å². The molecule has 10 N–H and O–H groups in total. The van der Waals surface area contributed by atoms with Crippen molar-refractivity contribution < 1.29 is 77.2 Å². The van der Waals surface area contributed by atoms with Crippen LogP contribution in [0.2, 0.25) is 10.6 Å². The molecule has 36 heteroatoms. The van der Waals surface area contributed by atoms with Crippen molar-refractivity contribution in [1.82, 2.24) is 70.4 Å². The maximum absolute atomic E-state index is 13.4. The minimum Gasteiger partial charge on any atom is -0.393 e. The maximum atomic E-state index is 13.4. The molecule has 10 atom stereocenters. The second-order valence-electron chi connectivity index (χ2n) is 21.9. The number of H-pyrrole nitrogens is 2. The van der Waals surface area contributed by atoms with Gasteiger partial charge in [-0.3, -0.25) is 4.57 Å². The molecule has 6 aromatic heterocycles. The maximum Gasteiger partial charge on any atom is 0.361 e. The van der Waals surface area contributed by atoms with Crippen LogP contribution in [0.5, 0.6) is 0 Å². The van der Waals surface area contributed by atoms with Crippen LogP contribution in [0, 0.1) is 0 Å². The van der Waals surface area contributed by atoms with Gasteiger partial charge in [0.05, 0.1) is 51.0 Å². The zero-order valence-electron chi connectivity index (χ0n) is 45.7. The van der Waals surface area contributed by atoms with Crippen molar-refractivity contribution in [3.8, 4) is 0 Å². The van der Waals surface area contributed by atoms with Gasteiger partial charge in [-0.1, -0.05) is 36.1 Å². The molecule has 9 heterocycles. The minimum absolute atomic E-state index is 0.00273. The Morgan fingerprint density at radius 3 is 1.65 bits per heavy atom. The molecule has 83 heavy (non-hydrogen) atoms. The number of ether oxygens (including phenoxy) is 8. The topological polar surface area (TPSA) is 423 Å². The molecule has 2 saturated carbocycles. The third-order valence-corrected chi connectivity index (χ3v) is 19.6. The zero-order chi connectivity index (χ0) is 58.9. The molecule has 0 unspecified atom stereocenters. The van der Waals surface area contributed by atoms with Crippen LogP contribution in [0.4, 0.5) is 11.6 Å². The molecule has 456 valence electrons. The van der Waals surface area contributed by atoms with Crippen LogP contribution < -0.4 is 10.6 Å². The smallest absolute Gasteiger partial charge is 0.361 e. The lowest BCUT2D eigenvalue weighted by Crippen LogP contribution is -2.45. The lowest BCUT2D eigenvalue weighted by atomic mass is 10.1. The van der Waals surface area contributed by atoms with Gasteiger partial charge in [-0.25, -0.2) is 9.03 Å². The lowest BCUT2D eigenvalue weighted by Gasteiger charge is -2.36. The highest BCUT2D eigenvalue weighted by Gasteiger charge is 2.58. The molecule has 0 amide bonds. The Kier molecular flexibility index (Phi) is 18.9. The third kappa shape index (κ3) is 13.4. The van der Waals surface area contributed by atoms with Gasteiger partial charge in [-0.05, 0) is 100 Å². The molecule has 3 aliphatic heterocycles. The van der Waals surface area contributed by atoms with Crippen LogP contribution in [0.15, 0.2) is 24.3 Å². The number of anilines is 2. The van der Waals surface area contributed by atoms with E-state index in [1.165, 1.54) is 17.4 Å². The van der Waals surface area contributed by atoms with Crippen LogP contribution in [-0.4, -0.2) is 219 Å². The predicted molar refractivity (Wildman–Crippen MR) is 290 cm³/mol. The first kappa shape index (κ1) is 61.5. The Labute approximate surface area is 483 Å². The number of aliphatic hydroxyl groups is 4. The predicted octanol–water partition coefficient (Wildman–Crippen LogP) is 2.27. The Hall–Kier alpha value is -4.54. The fraction of sp³-hybridized carbons (Fsp3) is 0.702. The molecule has 0 bridgehead atoms. The molecule has 11 rings (SSSR count). The van der Waals surface area contributed by atoms with Gasteiger partial charge in [0.15, 0.2) is 34.4 Å². The molecule has 0 aromatic carbocycles. The largest absolute Gasteiger partial charge is 0.393 e. The third-order valence-electron chi connectivity index (χ3n) is 15.4. The summed E-state index contributed by atoms with van der Waals surface area (Å²) in [6.07, 6.45) is 1.31. The molecular weight excluding hydrogens is 1180 g/mol. The highest BCUT2D eigenvalue weighted by Crippen LogP contribution is 2.54. The van der Waals surface area contributed by atoms with E-state index < -0.39 is 106 Å². The molecule has 5 aliphatic rings. The number of hydrogen-bond acceptors (Lipinski definition) is 26. The number of halogens is 2. The van der Waals surface area contributed by atoms with E-state index in [-0.39, 0.29) is 48.9 Å². The number of tetrazole rings is 2. The van der Waals surface area contributed by atoms with Crippen molar-refractivity contribution in [1.29, 1.82) is 0 Å². The first-order chi connectivity index (χ1) is 39.6. The van der Waals surface area contributed by atoms with Crippen molar-refractivity contribution in [2.75, 3.05) is 63.6 Å². The van der Waals surface area contributed by atoms with E-state index in [1.807, 2.05) is 26.0 Å². The molecule has 6 aromatic rings. The Balaban J connectivity index is 0.000000186. The average molecular weight is 1250 g/mol. The van der Waals surface area contributed by atoms with E-state index in [0.717, 1.165) is 49.7 Å². The van der Waals surface area contributed by atoms with Gasteiger partial charge >= 0.3 is 7.60 Å². The highest BCUT2D eigenvalue weighted by atomic mass is 35.5. The summed E-state index contributed by atoms with van der Waals surface area (Å²) in [7, 11) is -8.20. The molecule has 0 spiro atoms. The Morgan fingerprint density at radius 1 is 0.699 bits per heavy atom. The standard InChI is InChI=1S/C26H38ClN8O7P.C21H30ClN8O9P/c1-25(2)41-21-18(11-39-26(13-36,43(3,4)37)14-38-12-19-30-33-34-31-19)40-20(22(21)42-25)16-9-10-17-23(28-15-7-5-6-8-15)29-24(27)32-35(16)17;22-20-24-19(23-11-3-1-2-4-11)13-6-5-12(30(13)27-20)18-17(33)16(32)14(39-18)7-38-21(9-31,40(34,35)36)10-37-8-15-25-28-29-26-15/h9-10,15,18,20-22,36H,5-8,11-14H2,1-4H3,(H,28,29,32)(H,30,31,33,34);5-6,11,14,16-18,31-33H,1-4,7-10H2,(H,23,24,27)(H2,34,35,36)(H,25,26,28,29)/t18-,20-,21-,22+,26+;14-,16-,17-,18+,21+/m11/s1. The van der Waals surface area contributed by atoms with Gasteiger partial charge in [0.1, 0.15) is 80.2 Å². The molecule has 3 saturated heterocycles. The molecule has 32 nitrogen and oxygen atoms in total. The number of nitrogens with one attached hydrogen (secondary N) is 4. The summed E-state index contributed by atoms with van der Waals surface area (Å²) in [6, 6.07) is 7.85. The van der Waals surface area contributed by atoms with Gasteiger partial charge in [-0.2, -0.15) is 20.4 Å². The van der Waals surface area contributed by atoms with Crippen molar-refractivity contribution in [2.45, 2.75) is 156 Å². The summed E-state index contributed by atoms with van der Waals surface area (Å²) in [5.41, 5.74) is 2.46. The van der Waals surface area contributed by atoms with Crippen molar-refractivity contribution in [3.05, 3.63) is 57.9 Å². The minimum atomic E-state index is -5.13. The van der Waals surface area contributed by atoms with Crippen LogP contribution in [0.3, 0.4) is 0 Å². The number of aromatic nitrogens is 14. The summed E-state index contributed by atoms with van der Waals surface area (Å²) >= 11 is 12.6. The van der Waals surface area contributed by atoms with E-state index in [0.29, 0.717) is 34.7 Å². The SMILES string of the molecule is CC1(C)O[C@@H]2[C@H](O1)[C@@H](CO[C@](CO)(COCc1nn[nH]n1)P(C)(C)=O)O[C@@H]2c1ccc2c(NC3CCCC3)nc(Cl)nn12.O=P(O)(O)[C@@](CO)(COCc1nn[nH]n1)OC[C@H]1O[C@@H](c2ccc3c(NC4CCCC4)nc(Cl)nn23)[C@H](O)[C@@H]1O. The van der Waals surface area contributed by atoms with E-state index in [9.17, 15) is 39.3 Å². The molecule has 0 radical (unpaired) electrons. The lowest BCUT2D eigenvalue weighted by molar-refractivity contribution is -0.199. The van der Waals surface area contributed by atoms with Crippen molar-refractivity contribution in [2.24, 2.45) is 0 Å². The summed E-state index contributed by atoms with van der Waals surface area (Å²) in [6.45, 7) is 3.32. The fourth-order valence-electron chi connectivity index (χ4n) is 10.9. The highest BCUT2D eigenvalue weighted by molar-refractivity contribution is 7.63. The molecular formula is C47H68Cl2N16O16P2. The van der Waals surface area contributed by atoms with E-state index in [1.54, 1.807) is 30.0 Å². The fourth-order valence-corrected chi connectivity index (χ4v) is 13.0. The number of nitrogens with zero attached hydrogens (tertiary/aromatic N) is 12. The van der Waals surface area contributed by atoms with Crippen LogP contribution in [-0.2, 0) is 60.2 Å². The monoisotopic (exact) mass is 1240 g/mol. The van der Waals surface area contributed by atoms with E-state index in [2.05, 4.69) is 72.0 Å². The number of hydrogen-bond donors (Lipinski definition) is 10. The van der Waals surface area contributed by atoms with Crippen LogP contribution in [0.1, 0.15) is 100 Å². The normalized spacial score (nSPS) is 26.4. The van der Waals surface area contributed by atoms with Crippen molar-refractivity contribution in [3.63, 3.8) is 0 Å². The van der Waals surface area contributed by atoms with Crippen LogP contribution >= 0.6 is 37.9 Å². The number of rotatable bonds is 24. The summed E-state index contributed by atoms with van der Waals surface area (Å²) in [5.74, 6) is 0.759. The summed E-state index contributed by atoms with van der Waals surface area (Å²) < 4.78 is 76.7. The molecule has 2 aliphatic carbocycles. The number of aliphatic hydroxyl groups excluding tert-OH is 4. The number of aromatic amines is 2.